The van der Waals surface area contributed by atoms with Crippen LogP contribution >= 0.6 is 0 Å². The number of nitrogens with one attached hydrogen (secondary N) is 2. The van der Waals surface area contributed by atoms with Gasteiger partial charge in [-0.05, 0) is 44.7 Å². The first-order valence-electron chi connectivity index (χ1n) is 7.88. The van der Waals surface area contributed by atoms with Gasteiger partial charge in [0.15, 0.2) is 0 Å². The third kappa shape index (κ3) is 5.49. The summed E-state index contributed by atoms with van der Waals surface area (Å²) in [6.07, 6.45) is 4.66. The summed E-state index contributed by atoms with van der Waals surface area (Å²) >= 11 is 0. The first-order valence-corrected chi connectivity index (χ1v) is 7.88. The zero-order valence-electron chi connectivity index (χ0n) is 12.5. The summed E-state index contributed by atoms with van der Waals surface area (Å²) in [5.41, 5.74) is 0. The molecule has 0 atom stereocenters. The van der Waals surface area contributed by atoms with Crippen LogP contribution in [0.1, 0.15) is 39.5 Å². The summed E-state index contributed by atoms with van der Waals surface area (Å²) in [5.74, 6) is 1.36. The molecule has 2 rings (SSSR count). The van der Waals surface area contributed by atoms with E-state index in [4.69, 9.17) is 0 Å². The highest BCUT2D eigenvalue weighted by Crippen LogP contribution is 2.28. The Morgan fingerprint density at radius 2 is 1.84 bits per heavy atom. The van der Waals surface area contributed by atoms with E-state index in [0.717, 1.165) is 31.8 Å². The van der Waals surface area contributed by atoms with Crippen LogP contribution in [0.4, 0.5) is 0 Å². The SMILES string of the molecule is CC(C)CN1CCC(NCCNC(=O)C2CC2)CC1. The molecule has 0 bridgehead atoms. The topological polar surface area (TPSA) is 44.4 Å². The molecule has 2 N–H and O–H groups in total. The Morgan fingerprint density at radius 1 is 1.16 bits per heavy atom. The van der Waals surface area contributed by atoms with Gasteiger partial charge in [0.25, 0.3) is 0 Å². The third-order valence-electron chi connectivity index (χ3n) is 4.02. The zero-order chi connectivity index (χ0) is 13.7. The minimum absolute atomic E-state index is 0.258. The van der Waals surface area contributed by atoms with Crippen molar-refractivity contribution in [2.75, 3.05) is 32.7 Å². The number of hydrogen-bond donors (Lipinski definition) is 2. The number of amides is 1. The molecule has 4 heteroatoms. The molecular formula is C15H29N3O. The largest absolute Gasteiger partial charge is 0.355 e. The molecule has 4 nitrogen and oxygen atoms in total. The molecule has 1 aliphatic heterocycles. The minimum atomic E-state index is 0.258. The van der Waals surface area contributed by atoms with Crippen molar-refractivity contribution in [3.8, 4) is 0 Å². The van der Waals surface area contributed by atoms with Gasteiger partial charge in [-0.3, -0.25) is 4.79 Å². The fraction of sp³-hybridized carbons (Fsp3) is 0.933. The Kier molecular flexibility index (Phi) is 5.64. The van der Waals surface area contributed by atoms with Crippen LogP contribution in [0.15, 0.2) is 0 Å². The molecule has 110 valence electrons. The number of hydrogen-bond acceptors (Lipinski definition) is 3. The van der Waals surface area contributed by atoms with Crippen LogP contribution < -0.4 is 10.6 Å². The number of nitrogens with zero attached hydrogens (tertiary/aromatic N) is 1. The standard InChI is InChI=1S/C15H29N3O/c1-12(2)11-18-9-5-14(6-10-18)16-7-8-17-15(19)13-3-4-13/h12-14,16H,3-11H2,1-2H3,(H,17,19). The normalized spacial score (nSPS) is 21.8. The predicted octanol–water partition coefficient (Wildman–Crippen LogP) is 1.22. The first kappa shape index (κ1) is 14.8. The maximum absolute atomic E-state index is 11.5. The highest BCUT2D eigenvalue weighted by atomic mass is 16.2. The van der Waals surface area contributed by atoms with E-state index in [1.54, 1.807) is 0 Å². The quantitative estimate of drug-likeness (QED) is 0.682. The second-order valence-corrected chi connectivity index (χ2v) is 6.49. The van der Waals surface area contributed by atoms with Gasteiger partial charge in [0.2, 0.25) is 5.91 Å². The van der Waals surface area contributed by atoms with Crippen LogP contribution in [0.5, 0.6) is 0 Å². The van der Waals surface area contributed by atoms with Crippen molar-refractivity contribution >= 4 is 5.91 Å². The molecular weight excluding hydrogens is 238 g/mol. The average Bonchev–Trinajstić information content (AvgIpc) is 3.20. The Morgan fingerprint density at radius 3 is 2.42 bits per heavy atom. The van der Waals surface area contributed by atoms with Gasteiger partial charge in [0.1, 0.15) is 0 Å². The third-order valence-corrected chi connectivity index (χ3v) is 4.02. The molecule has 2 fully saturated rings. The smallest absolute Gasteiger partial charge is 0.223 e. The van der Waals surface area contributed by atoms with Gasteiger partial charge in [-0.15, -0.1) is 0 Å². The number of rotatable bonds is 7. The van der Waals surface area contributed by atoms with Crippen molar-refractivity contribution in [2.45, 2.75) is 45.6 Å². The summed E-state index contributed by atoms with van der Waals surface area (Å²) in [7, 11) is 0. The summed E-state index contributed by atoms with van der Waals surface area (Å²) in [6, 6.07) is 0.640. The van der Waals surface area contributed by atoms with Gasteiger partial charge in [-0.2, -0.15) is 0 Å². The molecule has 0 aromatic carbocycles. The molecule has 19 heavy (non-hydrogen) atoms. The van der Waals surface area contributed by atoms with Crippen LogP contribution in [0.3, 0.4) is 0 Å². The van der Waals surface area contributed by atoms with Crippen molar-refractivity contribution in [3.05, 3.63) is 0 Å². The molecule has 2 aliphatic rings. The predicted molar refractivity (Wildman–Crippen MR) is 78.0 cm³/mol. The van der Waals surface area contributed by atoms with Gasteiger partial charge in [-0.1, -0.05) is 13.8 Å². The molecule has 0 radical (unpaired) electrons. The fourth-order valence-electron chi connectivity index (χ4n) is 2.79. The van der Waals surface area contributed by atoms with Crippen molar-refractivity contribution < 1.29 is 4.79 Å². The maximum atomic E-state index is 11.5. The van der Waals surface area contributed by atoms with E-state index in [1.165, 1.54) is 32.5 Å². The fourth-order valence-corrected chi connectivity index (χ4v) is 2.79. The van der Waals surface area contributed by atoms with E-state index < -0.39 is 0 Å². The lowest BCUT2D eigenvalue weighted by molar-refractivity contribution is -0.122. The Hall–Kier alpha value is -0.610. The Bertz CT molecular complexity index is 281. The molecule has 0 aromatic heterocycles. The van der Waals surface area contributed by atoms with Crippen LogP contribution in [-0.4, -0.2) is 49.6 Å². The van der Waals surface area contributed by atoms with E-state index in [-0.39, 0.29) is 5.91 Å². The highest BCUT2D eigenvalue weighted by molar-refractivity contribution is 5.80. The van der Waals surface area contributed by atoms with E-state index in [1.807, 2.05) is 0 Å². The van der Waals surface area contributed by atoms with Gasteiger partial charge in [0, 0.05) is 31.6 Å². The molecule has 0 aromatic rings. The van der Waals surface area contributed by atoms with E-state index in [0.29, 0.717) is 12.0 Å². The average molecular weight is 267 g/mol. The summed E-state index contributed by atoms with van der Waals surface area (Å²) < 4.78 is 0. The number of likely N-dealkylation sites (tertiary alicyclic amines) is 1. The summed E-state index contributed by atoms with van der Waals surface area (Å²) in [6.45, 7) is 9.91. The van der Waals surface area contributed by atoms with Crippen LogP contribution in [0, 0.1) is 11.8 Å². The van der Waals surface area contributed by atoms with Gasteiger partial charge < -0.3 is 15.5 Å². The summed E-state index contributed by atoms with van der Waals surface area (Å²) in [4.78, 5) is 14.0. The van der Waals surface area contributed by atoms with Crippen molar-refractivity contribution in [1.29, 1.82) is 0 Å². The molecule has 1 amide bonds. The lowest BCUT2D eigenvalue weighted by Crippen LogP contribution is -2.45. The lowest BCUT2D eigenvalue weighted by Gasteiger charge is -2.33. The van der Waals surface area contributed by atoms with Gasteiger partial charge in [0.05, 0.1) is 0 Å². The van der Waals surface area contributed by atoms with E-state index >= 15 is 0 Å². The maximum Gasteiger partial charge on any atom is 0.223 e. The molecule has 0 unspecified atom stereocenters. The first-order chi connectivity index (χ1) is 9.15. The molecule has 1 aliphatic carbocycles. The zero-order valence-corrected chi connectivity index (χ0v) is 12.5. The molecule has 1 saturated carbocycles. The monoisotopic (exact) mass is 267 g/mol. The lowest BCUT2D eigenvalue weighted by atomic mass is 10.0. The number of piperidine rings is 1. The summed E-state index contributed by atoms with van der Waals surface area (Å²) in [5, 5.41) is 6.58. The highest BCUT2D eigenvalue weighted by Gasteiger charge is 2.29. The van der Waals surface area contributed by atoms with E-state index in [2.05, 4.69) is 29.4 Å². The van der Waals surface area contributed by atoms with Gasteiger partial charge >= 0.3 is 0 Å². The van der Waals surface area contributed by atoms with Crippen LogP contribution in [-0.2, 0) is 4.79 Å². The number of carbonyl (C=O) groups is 1. The van der Waals surface area contributed by atoms with Crippen LogP contribution in [0.25, 0.3) is 0 Å². The minimum Gasteiger partial charge on any atom is -0.355 e. The van der Waals surface area contributed by atoms with Crippen molar-refractivity contribution in [2.24, 2.45) is 11.8 Å². The van der Waals surface area contributed by atoms with E-state index in [9.17, 15) is 4.79 Å². The number of carbonyl (C=O) groups excluding carboxylic acids is 1. The molecule has 0 spiro atoms. The van der Waals surface area contributed by atoms with Gasteiger partial charge in [-0.25, -0.2) is 0 Å². The molecule has 1 heterocycles. The van der Waals surface area contributed by atoms with Crippen molar-refractivity contribution in [3.63, 3.8) is 0 Å². The Balaban J connectivity index is 1.49. The molecule has 1 saturated heterocycles. The second kappa shape index (κ2) is 7.25. The van der Waals surface area contributed by atoms with Crippen molar-refractivity contribution in [1.82, 2.24) is 15.5 Å². The Labute approximate surface area is 117 Å². The second-order valence-electron chi connectivity index (χ2n) is 6.49. The van der Waals surface area contributed by atoms with Crippen LogP contribution in [0.2, 0.25) is 0 Å².